The summed E-state index contributed by atoms with van der Waals surface area (Å²) in [5.41, 5.74) is 7.00. The van der Waals surface area contributed by atoms with Crippen molar-refractivity contribution in [1.29, 1.82) is 0 Å². The molecule has 0 spiro atoms. The van der Waals surface area contributed by atoms with Crippen LogP contribution in [0, 0.1) is 0 Å². The Kier molecular flexibility index (Phi) is 4.77. The van der Waals surface area contributed by atoms with Crippen LogP contribution in [0.5, 0.6) is 0 Å². The summed E-state index contributed by atoms with van der Waals surface area (Å²) in [6.07, 6.45) is 3.88. The molecule has 0 aliphatic heterocycles. The van der Waals surface area contributed by atoms with Crippen LogP contribution in [0.2, 0.25) is 0 Å². The molecule has 110 valence electrons. The zero-order valence-corrected chi connectivity index (χ0v) is 12.7. The third kappa shape index (κ3) is 3.19. The number of nitrogens with two attached hydrogens (primary N) is 1. The summed E-state index contributed by atoms with van der Waals surface area (Å²) < 4.78 is 0. The maximum Gasteiger partial charge on any atom is 0.251 e. The molecule has 1 aromatic rings. The third-order valence-corrected chi connectivity index (χ3v) is 4.85. The zero-order valence-electron chi connectivity index (χ0n) is 11.9. The fraction of sp³-hybridized carbons (Fsp3) is 0.571. The molecule has 5 nitrogen and oxygen atoms in total. The fourth-order valence-corrected chi connectivity index (χ4v) is 3.65. The molecule has 6 heteroatoms. The zero-order chi connectivity index (χ0) is 14.7. The van der Waals surface area contributed by atoms with Crippen molar-refractivity contribution in [3.63, 3.8) is 0 Å². The number of aryl methyl sites for hydroxylation is 1. The number of carbonyl (C=O) groups excluding carboxylic acids is 2. The van der Waals surface area contributed by atoms with Gasteiger partial charge in [0.2, 0.25) is 5.91 Å². The first kappa shape index (κ1) is 15.0. The molecule has 0 saturated heterocycles. The van der Waals surface area contributed by atoms with E-state index in [9.17, 15) is 9.59 Å². The van der Waals surface area contributed by atoms with Crippen LogP contribution in [-0.2, 0) is 17.6 Å². The highest BCUT2D eigenvalue weighted by atomic mass is 32.1. The quantitative estimate of drug-likeness (QED) is 0.746. The minimum Gasteiger partial charge on any atom is -0.365 e. The molecule has 1 aliphatic rings. The second-order valence-electron chi connectivity index (χ2n) is 5.16. The van der Waals surface area contributed by atoms with E-state index in [1.807, 2.05) is 6.92 Å². The Balaban J connectivity index is 2.06. The topological polar surface area (TPSA) is 84.2 Å². The maximum atomic E-state index is 11.9. The normalized spacial score (nSPS) is 14.9. The number of nitrogens with one attached hydrogen (secondary N) is 2. The molecule has 2 rings (SSSR count). The van der Waals surface area contributed by atoms with Gasteiger partial charge in [0.05, 0.1) is 12.1 Å². The van der Waals surface area contributed by atoms with Gasteiger partial charge < -0.3 is 16.4 Å². The van der Waals surface area contributed by atoms with E-state index >= 15 is 0 Å². The molecule has 0 unspecified atom stereocenters. The minimum absolute atomic E-state index is 0.132. The Labute approximate surface area is 122 Å². The van der Waals surface area contributed by atoms with Gasteiger partial charge in [-0.05, 0) is 38.2 Å². The van der Waals surface area contributed by atoms with Crippen molar-refractivity contribution in [3.05, 3.63) is 16.0 Å². The van der Waals surface area contributed by atoms with E-state index in [1.54, 1.807) is 0 Å². The number of hydrogen-bond donors (Lipinski definition) is 3. The fourth-order valence-electron chi connectivity index (χ4n) is 2.34. The summed E-state index contributed by atoms with van der Waals surface area (Å²) in [5, 5.41) is 6.55. The van der Waals surface area contributed by atoms with Gasteiger partial charge >= 0.3 is 0 Å². The van der Waals surface area contributed by atoms with Crippen LogP contribution < -0.4 is 16.4 Å². The SMILES string of the molecule is CC[C@@H](C)NCC(=O)Nc1sc2c(c1C(N)=O)CCC2. The van der Waals surface area contributed by atoms with Crippen LogP contribution in [0.15, 0.2) is 0 Å². The van der Waals surface area contributed by atoms with Crippen molar-refractivity contribution in [3.8, 4) is 0 Å². The lowest BCUT2D eigenvalue weighted by Crippen LogP contribution is -2.34. The lowest BCUT2D eigenvalue weighted by atomic mass is 10.1. The van der Waals surface area contributed by atoms with Gasteiger partial charge in [0.15, 0.2) is 0 Å². The van der Waals surface area contributed by atoms with Gasteiger partial charge in [-0.2, -0.15) is 0 Å². The predicted octanol–water partition coefficient (Wildman–Crippen LogP) is 1.66. The summed E-state index contributed by atoms with van der Waals surface area (Å²) in [4.78, 5) is 24.7. The molecule has 1 atom stereocenters. The minimum atomic E-state index is -0.449. The first-order valence-corrected chi connectivity index (χ1v) is 7.82. The van der Waals surface area contributed by atoms with Gasteiger partial charge in [0, 0.05) is 10.9 Å². The molecule has 0 bridgehead atoms. The molecule has 0 fully saturated rings. The van der Waals surface area contributed by atoms with E-state index in [-0.39, 0.29) is 12.5 Å². The highest BCUT2D eigenvalue weighted by Crippen LogP contribution is 2.38. The van der Waals surface area contributed by atoms with Gasteiger partial charge in [0.25, 0.3) is 5.91 Å². The molecule has 2 amide bonds. The lowest BCUT2D eigenvalue weighted by Gasteiger charge is -2.11. The van der Waals surface area contributed by atoms with Crippen LogP contribution in [0.1, 0.15) is 47.5 Å². The number of thiophene rings is 1. The van der Waals surface area contributed by atoms with Gasteiger partial charge in [-0.15, -0.1) is 11.3 Å². The lowest BCUT2D eigenvalue weighted by molar-refractivity contribution is -0.115. The molecule has 0 radical (unpaired) electrons. The highest BCUT2D eigenvalue weighted by Gasteiger charge is 2.25. The van der Waals surface area contributed by atoms with Gasteiger partial charge in [-0.1, -0.05) is 6.92 Å². The monoisotopic (exact) mass is 295 g/mol. The van der Waals surface area contributed by atoms with Crippen molar-refractivity contribution in [2.75, 3.05) is 11.9 Å². The largest absolute Gasteiger partial charge is 0.365 e. The Bertz CT molecular complexity index is 525. The van der Waals surface area contributed by atoms with Gasteiger partial charge in [0.1, 0.15) is 5.00 Å². The number of primary amides is 1. The highest BCUT2D eigenvalue weighted by molar-refractivity contribution is 7.17. The van der Waals surface area contributed by atoms with Crippen molar-refractivity contribution in [2.45, 2.75) is 45.6 Å². The summed E-state index contributed by atoms with van der Waals surface area (Å²) in [6.45, 7) is 4.34. The van der Waals surface area contributed by atoms with Crippen molar-refractivity contribution in [1.82, 2.24) is 5.32 Å². The molecule has 4 N–H and O–H groups in total. The Morgan fingerprint density at radius 3 is 2.80 bits per heavy atom. The van der Waals surface area contributed by atoms with E-state index in [0.29, 0.717) is 16.6 Å². The van der Waals surface area contributed by atoms with Crippen molar-refractivity contribution < 1.29 is 9.59 Å². The first-order chi connectivity index (χ1) is 9.52. The second kappa shape index (κ2) is 6.37. The molecule has 1 aliphatic carbocycles. The Morgan fingerprint density at radius 2 is 2.15 bits per heavy atom. The molecule has 20 heavy (non-hydrogen) atoms. The standard InChI is InChI=1S/C14H21N3O2S/c1-3-8(2)16-7-11(18)17-14-12(13(15)19)9-5-4-6-10(9)20-14/h8,16H,3-7H2,1-2H3,(H2,15,19)(H,17,18)/t8-/m1/s1. The van der Waals surface area contributed by atoms with Gasteiger partial charge in [-0.25, -0.2) is 0 Å². The molecular formula is C14H21N3O2S. The van der Waals surface area contributed by atoms with E-state index in [4.69, 9.17) is 5.73 Å². The molecule has 1 aromatic heterocycles. The number of fused-ring (bicyclic) bond motifs is 1. The number of anilines is 1. The number of hydrogen-bond acceptors (Lipinski definition) is 4. The third-order valence-electron chi connectivity index (χ3n) is 3.64. The average molecular weight is 295 g/mol. The molecule has 0 aromatic carbocycles. The van der Waals surface area contributed by atoms with E-state index < -0.39 is 5.91 Å². The van der Waals surface area contributed by atoms with Crippen LogP contribution in [-0.4, -0.2) is 24.4 Å². The Morgan fingerprint density at radius 1 is 1.40 bits per heavy atom. The van der Waals surface area contributed by atoms with E-state index in [2.05, 4.69) is 17.6 Å². The van der Waals surface area contributed by atoms with Crippen molar-refractivity contribution in [2.24, 2.45) is 5.73 Å². The van der Waals surface area contributed by atoms with Crippen LogP contribution >= 0.6 is 11.3 Å². The van der Waals surface area contributed by atoms with E-state index in [0.717, 1.165) is 31.2 Å². The van der Waals surface area contributed by atoms with Gasteiger partial charge in [-0.3, -0.25) is 9.59 Å². The van der Waals surface area contributed by atoms with E-state index in [1.165, 1.54) is 16.2 Å². The smallest absolute Gasteiger partial charge is 0.251 e. The number of amides is 2. The van der Waals surface area contributed by atoms with Crippen LogP contribution in [0.3, 0.4) is 0 Å². The van der Waals surface area contributed by atoms with Crippen molar-refractivity contribution >= 4 is 28.2 Å². The molecule has 1 heterocycles. The number of rotatable bonds is 6. The summed E-state index contributed by atoms with van der Waals surface area (Å²) in [6, 6.07) is 0.296. The summed E-state index contributed by atoms with van der Waals surface area (Å²) in [7, 11) is 0. The first-order valence-electron chi connectivity index (χ1n) is 7.00. The predicted molar refractivity (Wildman–Crippen MR) is 81.2 cm³/mol. The van der Waals surface area contributed by atoms with Crippen LogP contribution in [0.25, 0.3) is 0 Å². The summed E-state index contributed by atoms with van der Waals surface area (Å²) in [5.74, 6) is -0.581. The second-order valence-corrected chi connectivity index (χ2v) is 6.27. The molecular weight excluding hydrogens is 274 g/mol. The molecule has 0 saturated carbocycles. The van der Waals surface area contributed by atoms with Crippen LogP contribution in [0.4, 0.5) is 5.00 Å². The number of carbonyl (C=O) groups is 2. The summed E-state index contributed by atoms with van der Waals surface area (Å²) >= 11 is 1.48. The maximum absolute atomic E-state index is 11.9. The average Bonchev–Trinajstić information content (AvgIpc) is 2.95. The Hall–Kier alpha value is -1.40.